The van der Waals surface area contributed by atoms with Crippen molar-refractivity contribution in [2.75, 3.05) is 21.3 Å². The van der Waals surface area contributed by atoms with Crippen molar-refractivity contribution in [1.29, 1.82) is 0 Å². The molecule has 4 aromatic rings. The first-order valence-corrected chi connectivity index (χ1v) is 10.3. The number of likely N-dealkylation sites (N-methyl/N-ethyl adjacent to an activating group) is 1. The van der Waals surface area contributed by atoms with Crippen LogP contribution in [0.5, 0.6) is 11.5 Å². The van der Waals surface area contributed by atoms with Gasteiger partial charge in [0.25, 0.3) is 5.56 Å². The van der Waals surface area contributed by atoms with Gasteiger partial charge in [0.1, 0.15) is 18.5 Å². The molecule has 0 saturated heterocycles. The van der Waals surface area contributed by atoms with Crippen LogP contribution in [0.1, 0.15) is 11.3 Å². The third-order valence-electron chi connectivity index (χ3n) is 5.51. The third kappa shape index (κ3) is 4.17. The summed E-state index contributed by atoms with van der Waals surface area (Å²) < 4.78 is 19.1. The number of aromatic nitrogens is 5. The molecule has 3 heterocycles. The summed E-state index contributed by atoms with van der Waals surface area (Å²) in [4.78, 5) is 44.5. The smallest absolute Gasteiger partial charge is 0.332 e. The number of amides is 1. The Bertz CT molecular complexity index is 1450. The molecule has 0 aliphatic rings. The molecule has 0 saturated carbocycles. The number of fused-ring (bicyclic) bond motifs is 1. The maximum absolute atomic E-state index is 13.2. The molecule has 12 nitrogen and oxygen atoms in total. The van der Waals surface area contributed by atoms with Crippen molar-refractivity contribution in [1.82, 2.24) is 28.7 Å². The Balaban J connectivity index is 1.60. The number of aryl methyl sites for hydroxylation is 1. The van der Waals surface area contributed by atoms with Crippen molar-refractivity contribution >= 4 is 17.1 Å². The van der Waals surface area contributed by atoms with Crippen LogP contribution in [-0.2, 0) is 31.5 Å². The van der Waals surface area contributed by atoms with Crippen LogP contribution in [0.25, 0.3) is 11.2 Å². The number of nitrogens with zero attached hydrogens (tertiary/aromatic N) is 6. The Kier molecular flexibility index (Phi) is 6.21. The molecule has 1 aromatic carbocycles. The number of methoxy groups -OCH3 is 2. The SMILES string of the molecule is COc1ccc(CN(C)C(=O)Cn2cnc3c2c(=O)n(Cc2ccon2)c(=O)n3C)cc1OC. The highest BCUT2D eigenvalue weighted by Gasteiger charge is 2.20. The molecule has 34 heavy (non-hydrogen) atoms. The number of ether oxygens (including phenoxy) is 2. The van der Waals surface area contributed by atoms with Crippen LogP contribution in [0.2, 0.25) is 0 Å². The van der Waals surface area contributed by atoms with E-state index in [4.69, 9.17) is 14.0 Å². The molecule has 178 valence electrons. The zero-order chi connectivity index (χ0) is 24.4. The Labute approximate surface area is 193 Å². The van der Waals surface area contributed by atoms with Crippen LogP contribution < -0.4 is 20.7 Å². The number of rotatable bonds is 8. The molecule has 0 unspecified atom stereocenters. The average molecular weight is 468 g/mol. The quantitative estimate of drug-likeness (QED) is 0.368. The second-order valence-corrected chi connectivity index (χ2v) is 7.71. The summed E-state index contributed by atoms with van der Waals surface area (Å²) >= 11 is 0. The van der Waals surface area contributed by atoms with E-state index in [1.165, 1.54) is 33.7 Å². The van der Waals surface area contributed by atoms with Gasteiger partial charge in [0.15, 0.2) is 22.7 Å². The van der Waals surface area contributed by atoms with Crippen LogP contribution >= 0.6 is 0 Å². The first-order valence-electron chi connectivity index (χ1n) is 10.3. The van der Waals surface area contributed by atoms with E-state index in [1.807, 2.05) is 6.07 Å². The van der Waals surface area contributed by atoms with Gasteiger partial charge in [-0.05, 0) is 17.7 Å². The fourth-order valence-corrected chi connectivity index (χ4v) is 3.67. The standard InChI is InChI=1S/C22H24N6O6/c1-25(10-14-5-6-16(32-3)17(9-14)33-4)18(29)12-27-13-23-20-19(27)21(30)28(22(31)26(20)2)11-15-7-8-34-24-15/h5-9,13H,10-12H2,1-4H3. The molecule has 0 radical (unpaired) electrons. The molecule has 1 amide bonds. The van der Waals surface area contributed by atoms with Gasteiger partial charge in [-0.1, -0.05) is 11.2 Å². The second-order valence-electron chi connectivity index (χ2n) is 7.71. The summed E-state index contributed by atoms with van der Waals surface area (Å²) in [5.74, 6) is 0.915. The molecule has 0 N–H and O–H groups in total. The summed E-state index contributed by atoms with van der Waals surface area (Å²) in [5, 5.41) is 3.77. The Hall–Kier alpha value is -4.35. The van der Waals surface area contributed by atoms with E-state index in [0.29, 0.717) is 23.7 Å². The number of carbonyl (C=O) groups is 1. The normalized spacial score (nSPS) is 11.1. The predicted octanol–water partition coefficient (Wildman–Crippen LogP) is 0.609. The molecule has 0 atom stereocenters. The minimum atomic E-state index is -0.561. The Morgan fingerprint density at radius 2 is 1.91 bits per heavy atom. The zero-order valence-electron chi connectivity index (χ0n) is 19.2. The molecule has 3 aromatic heterocycles. The minimum Gasteiger partial charge on any atom is -0.493 e. The summed E-state index contributed by atoms with van der Waals surface area (Å²) in [7, 11) is 6.28. The van der Waals surface area contributed by atoms with E-state index in [-0.39, 0.29) is 30.2 Å². The topological polar surface area (TPSA) is 127 Å². The average Bonchev–Trinajstić information content (AvgIpc) is 3.50. The van der Waals surface area contributed by atoms with E-state index in [9.17, 15) is 14.4 Å². The highest BCUT2D eigenvalue weighted by atomic mass is 16.5. The van der Waals surface area contributed by atoms with E-state index >= 15 is 0 Å². The summed E-state index contributed by atoms with van der Waals surface area (Å²) in [6.07, 6.45) is 2.74. The molecule has 0 bridgehead atoms. The lowest BCUT2D eigenvalue weighted by Gasteiger charge is -2.19. The molecule has 4 rings (SSSR count). The van der Waals surface area contributed by atoms with Gasteiger partial charge < -0.3 is 23.5 Å². The number of hydrogen-bond donors (Lipinski definition) is 0. The van der Waals surface area contributed by atoms with Gasteiger partial charge in [-0.3, -0.25) is 18.7 Å². The molecular weight excluding hydrogens is 444 g/mol. The van der Waals surface area contributed by atoms with Gasteiger partial charge in [-0.2, -0.15) is 0 Å². The Morgan fingerprint density at radius 3 is 2.59 bits per heavy atom. The maximum atomic E-state index is 13.2. The van der Waals surface area contributed by atoms with Crippen molar-refractivity contribution < 1.29 is 18.8 Å². The Morgan fingerprint density at radius 1 is 1.15 bits per heavy atom. The fourth-order valence-electron chi connectivity index (χ4n) is 3.67. The maximum Gasteiger partial charge on any atom is 0.332 e. The van der Waals surface area contributed by atoms with Crippen molar-refractivity contribution in [3.8, 4) is 11.5 Å². The van der Waals surface area contributed by atoms with Gasteiger partial charge in [0.05, 0.1) is 27.1 Å². The summed E-state index contributed by atoms with van der Waals surface area (Å²) in [5.41, 5.74) is 0.522. The second kappa shape index (κ2) is 9.25. The monoisotopic (exact) mass is 468 g/mol. The minimum absolute atomic E-state index is 0.0592. The summed E-state index contributed by atoms with van der Waals surface area (Å²) in [6, 6.07) is 6.98. The van der Waals surface area contributed by atoms with Crippen LogP contribution in [0.4, 0.5) is 0 Å². The fraction of sp³-hybridized carbons (Fsp3) is 0.318. The lowest BCUT2D eigenvalue weighted by Crippen LogP contribution is -2.40. The van der Waals surface area contributed by atoms with E-state index in [1.54, 1.807) is 39.5 Å². The van der Waals surface area contributed by atoms with E-state index < -0.39 is 11.2 Å². The summed E-state index contributed by atoms with van der Waals surface area (Å²) in [6.45, 7) is 0.134. The van der Waals surface area contributed by atoms with Crippen LogP contribution in [0, 0.1) is 0 Å². The van der Waals surface area contributed by atoms with Crippen LogP contribution in [-0.4, -0.2) is 55.9 Å². The highest BCUT2D eigenvalue weighted by Crippen LogP contribution is 2.28. The zero-order valence-corrected chi connectivity index (χ0v) is 19.2. The first kappa shape index (κ1) is 22.8. The van der Waals surface area contributed by atoms with Crippen molar-refractivity contribution in [3.63, 3.8) is 0 Å². The molecular formula is C22H24N6O6. The molecule has 0 fully saturated rings. The van der Waals surface area contributed by atoms with Gasteiger partial charge in [0, 0.05) is 26.7 Å². The van der Waals surface area contributed by atoms with Crippen molar-refractivity contribution in [2.45, 2.75) is 19.6 Å². The van der Waals surface area contributed by atoms with Crippen LogP contribution in [0.3, 0.4) is 0 Å². The lowest BCUT2D eigenvalue weighted by molar-refractivity contribution is -0.131. The van der Waals surface area contributed by atoms with E-state index in [2.05, 4.69) is 10.1 Å². The largest absolute Gasteiger partial charge is 0.493 e. The first-order chi connectivity index (χ1) is 16.3. The lowest BCUT2D eigenvalue weighted by atomic mass is 10.2. The number of benzene rings is 1. The third-order valence-corrected chi connectivity index (χ3v) is 5.51. The molecule has 12 heteroatoms. The number of imidazole rings is 1. The molecule has 0 aliphatic heterocycles. The van der Waals surface area contributed by atoms with Crippen molar-refractivity contribution in [2.24, 2.45) is 7.05 Å². The number of hydrogen-bond acceptors (Lipinski definition) is 8. The predicted molar refractivity (Wildman–Crippen MR) is 121 cm³/mol. The van der Waals surface area contributed by atoms with Gasteiger partial charge in [-0.25, -0.2) is 9.78 Å². The van der Waals surface area contributed by atoms with Crippen LogP contribution in [0.15, 0.2) is 51.0 Å². The van der Waals surface area contributed by atoms with E-state index in [0.717, 1.165) is 10.1 Å². The molecule has 0 spiro atoms. The number of carbonyl (C=O) groups excluding carboxylic acids is 1. The molecule has 0 aliphatic carbocycles. The highest BCUT2D eigenvalue weighted by molar-refractivity contribution is 5.78. The van der Waals surface area contributed by atoms with Gasteiger partial charge in [-0.15, -0.1) is 0 Å². The van der Waals surface area contributed by atoms with Gasteiger partial charge in [0.2, 0.25) is 5.91 Å². The van der Waals surface area contributed by atoms with Crippen molar-refractivity contribution in [3.05, 3.63) is 69.0 Å². The van der Waals surface area contributed by atoms with Gasteiger partial charge >= 0.3 is 5.69 Å².